The molecule has 0 saturated carbocycles. The standard InChI is InChI=1S/C15H20IN3/c1-10-5-7-11(8-6-10)19-14(17)13(16)12(18-19)9-15(2,3)4/h5-8H,9,17H2,1-4H3. The molecule has 0 atom stereocenters. The summed E-state index contributed by atoms with van der Waals surface area (Å²) in [4.78, 5) is 0. The summed E-state index contributed by atoms with van der Waals surface area (Å²) >= 11 is 2.29. The van der Waals surface area contributed by atoms with Crippen molar-refractivity contribution in [2.75, 3.05) is 5.73 Å². The fraction of sp³-hybridized carbons (Fsp3) is 0.400. The average molecular weight is 369 g/mol. The van der Waals surface area contributed by atoms with Crippen LogP contribution in [0.5, 0.6) is 0 Å². The Hall–Kier alpha value is -1.04. The number of nitrogens with two attached hydrogens (primary N) is 1. The maximum atomic E-state index is 6.19. The van der Waals surface area contributed by atoms with E-state index in [2.05, 4.69) is 79.6 Å². The van der Waals surface area contributed by atoms with Gasteiger partial charge in [-0.15, -0.1) is 0 Å². The van der Waals surface area contributed by atoms with Gasteiger partial charge in [0.15, 0.2) is 0 Å². The van der Waals surface area contributed by atoms with Crippen LogP contribution in [0.15, 0.2) is 24.3 Å². The van der Waals surface area contributed by atoms with Crippen LogP contribution in [0.2, 0.25) is 0 Å². The summed E-state index contributed by atoms with van der Waals surface area (Å²) in [5.41, 5.74) is 9.72. The van der Waals surface area contributed by atoms with Gasteiger partial charge in [-0.05, 0) is 53.5 Å². The molecule has 0 aliphatic rings. The largest absolute Gasteiger partial charge is 0.383 e. The van der Waals surface area contributed by atoms with Gasteiger partial charge in [-0.2, -0.15) is 5.10 Å². The molecule has 0 fully saturated rings. The molecule has 1 aromatic carbocycles. The molecule has 0 bridgehead atoms. The van der Waals surface area contributed by atoms with Gasteiger partial charge in [0.25, 0.3) is 0 Å². The molecule has 2 aromatic rings. The summed E-state index contributed by atoms with van der Waals surface area (Å²) in [5.74, 6) is 0.726. The highest BCUT2D eigenvalue weighted by molar-refractivity contribution is 14.1. The van der Waals surface area contributed by atoms with Gasteiger partial charge in [-0.3, -0.25) is 0 Å². The lowest BCUT2D eigenvalue weighted by atomic mass is 9.91. The molecule has 102 valence electrons. The van der Waals surface area contributed by atoms with Gasteiger partial charge in [-0.25, -0.2) is 4.68 Å². The van der Waals surface area contributed by atoms with E-state index in [1.165, 1.54) is 5.56 Å². The zero-order valence-corrected chi connectivity index (χ0v) is 14.0. The molecule has 0 unspecified atom stereocenters. The Bertz CT molecular complexity index is 577. The molecule has 19 heavy (non-hydrogen) atoms. The van der Waals surface area contributed by atoms with Crippen molar-refractivity contribution in [2.24, 2.45) is 5.41 Å². The van der Waals surface area contributed by atoms with Crippen LogP contribution >= 0.6 is 22.6 Å². The Morgan fingerprint density at radius 3 is 2.32 bits per heavy atom. The van der Waals surface area contributed by atoms with Crippen LogP contribution in [0.3, 0.4) is 0 Å². The van der Waals surface area contributed by atoms with Gasteiger partial charge in [-0.1, -0.05) is 38.5 Å². The van der Waals surface area contributed by atoms with E-state index in [0.29, 0.717) is 0 Å². The zero-order chi connectivity index (χ0) is 14.2. The van der Waals surface area contributed by atoms with Crippen LogP contribution in [-0.2, 0) is 6.42 Å². The van der Waals surface area contributed by atoms with E-state index in [1.807, 2.05) is 4.68 Å². The SMILES string of the molecule is Cc1ccc(-n2nc(CC(C)(C)C)c(I)c2N)cc1. The number of aryl methyl sites for hydroxylation is 1. The second kappa shape index (κ2) is 5.15. The van der Waals surface area contributed by atoms with E-state index in [4.69, 9.17) is 5.73 Å². The highest BCUT2D eigenvalue weighted by Gasteiger charge is 2.20. The minimum Gasteiger partial charge on any atom is -0.383 e. The lowest BCUT2D eigenvalue weighted by Crippen LogP contribution is -2.10. The molecule has 3 nitrogen and oxygen atoms in total. The van der Waals surface area contributed by atoms with Gasteiger partial charge in [0.1, 0.15) is 5.82 Å². The van der Waals surface area contributed by atoms with E-state index in [1.54, 1.807) is 0 Å². The summed E-state index contributed by atoms with van der Waals surface area (Å²) in [6.07, 6.45) is 0.925. The summed E-state index contributed by atoms with van der Waals surface area (Å²) in [6, 6.07) is 8.25. The predicted octanol–water partition coefficient (Wildman–Crippen LogP) is 3.96. The lowest BCUT2D eigenvalue weighted by Gasteiger charge is -2.16. The summed E-state index contributed by atoms with van der Waals surface area (Å²) < 4.78 is 2.90. The molecular weight excluding hydrogens is 349 g/mol. The molecule has 0 amide bonds. The number of nitrogens with zero attached hydrogens (tertiary/aromatic N) is 2. The Labute approximate surface area is 128 Å². The third-order valence-corrected chi connectivity index (χ3v) is 4.08. The van der Waals surface area contributed by atoms with Gasteiger partial charge >= 0.3 is 0 Å². The molecule has 0 spiro atoms. The summed E-state index contributed by atoms with van der Waals surface area (Å²) in [6.45, 7) is 8.71. The van der Waals surface area contributed by atoms with E-state index in [0.717, 1.165) is 27.2 Å². The Balaban J connectivity index is 2.43. The minimum atomic E-state index is 0.207. The fourth-order valence-electron chi connectivity index (χ4n) is 1.96. The number of rotatable bonds is 2. The molecule has 0 radical (unpaired) electrons. The van der Waals surface area contributed by atoms with Gasteiger partial charge in [0.2, 0.25) is 0 Å². The minimum absolute atomic E-state index is 0.207. The van der Waals surface area contributed by atoms with Crippen molar-refractivity contribution in [2.45, 2.75) is 34.1 Å². The molecule has 0 aliphatic heterocycles. The quantitative estimate of drug-likeness (QED) is 0.815. The topological polar surface area (TPSA) is 43.8 Å². The van der Waals surface area contributed by atoms with Crippen LogP contribution in [-0.4, -0.2) is 9.78 Å². The Morgan fingerprint density at radius 2 is 1.79 bits per heavy atom. The fourth-order valence-corrected chi connectivity index (χ4v) is 2.48. The van der Waals surface area contributed by atoms with Crippen LogP contribution in [0.1, 0.15) is 32.0 Å². The first kappa shape index (κ1) is 14.4. The molecule has 1 heterocycles. The van der Waals surface area contributed by atoms with Crippen molar-refractivity contribution in [1.29, 1.82) is 0 Å². The van der Waals surface area contributed by atoms with Gasteiger partial charge in [0, 0.05) is 0 Å². The highest BCUT2D eigenvalue weighted by Crippen LogP contribution is 2.28. The lowest BCUT2D eigenvalue weighted by molar-refractivity contribution is 0.404. The molecule has 0 aliphatic carbocycles. The number of hydrogen-bond acceptors (Lipinski definition) is 2. The first-order chi connectivity index (χ1) is 8.78. The summed E-state index contributed by atoms with van der Waals surface area (Å²) in [7, 11) is 0. The number of nitrogen functional groups attached to an aromatic ring is 1. The third-order valence-electron chi connectivity index (χ3n) is 2.90. The number of halogens is 1. The molecule has 2 N–H and O–H groups in total. The molecule has 4 heteroatoms. The highest BCUT2D eigenvalue weighted by atomic mass is 127. The summed E-state index contributed by atoms with van der Waals surface area (Å²) in [5, 5.41) is 4.68. The van der Waals surface area contributed by atoms with Crippen molar-refractivity contribution in [1.82, 2.24) is 9.78 Å². The monoisotopic (exact) mass is 369 g/mol. The Morgan fingerprint density at radius 1 is 1.21 bits per heavy atom. The van der Waals surface area contributed by atoms with E-state index in [9.17, 15) is 0 Å². The maximum Gasteiger partial charge on any atom is 0.141 e. The van der Waals surface area contributed by atoms with Crippen molar-refractivity contribution < 1.29 is 0 Å². The predicted molar refractivity (Wildman–Crippen MR) is 88.6 cm³/mol. The molecule has 0 saturated heterocycles. The molecule has 1 aromatic heterocycles. The van der Waals surface area contributed by atoms with Crippen molar-refractivity contribution >= 4 is 28.4 Å². The first-order valence-electron chi connectivity index (χ1n) is 6.38. The van der Waals surface area contributed by atoms with E-state index < -0.39 is 0 Å². The number of aromatic nitrogens is 2. The van der Waals surface area contributed by atoms with E-state index >= 15 is 0 Å². The van der Waals surface area contributed by atoms with Crippen LogP contribution in [0, 0.1) is 15.9 Å². The first-order valence-corrected chi connectivity index (χ1v) is 7.46. The van der Waals surface area contributed by atoms with Crippen LogP contribution in [0.4, 0.5) is 5.82 Å². The van der Waals surface area contributed by atoms with Crippen molar-refractivity contribution in [3.8, 4) is 5.69 Å². The average Bonchev–Trinajstić information content (AvgIpc) is 2.57. The molecule has 2 rings (SSSR count). The van der Waals surface area contributed by atoms with Gasteiger partial charge < -0.3 is 5.73 Å². The maximum absolute atomic E-state index is 6.19. The smallest absolute Gasteiger partial charge is 0.141 e. The van der Waals surface area contributed by atoms with Gasteiger partial charge in [0.05, 0.1) is 15.0 Å². The van der Waals surface area contributed by atoms with Crippen molar-refractivity contribution in [3.05, 3.63) is 39.1 Å². The number of hydrogen-bond donors (Lipinski definition) is 1. The molecular formula is C15H20IN3. The van der Waals surface area contributed by atoms with Crippen molar-refractivity contribution in [3.63, 3.8) is 0 Å². The Kier molecular flexibility index (Phi) is 3.90. The zero-order valence-electron chi connectivity index (χ0n) is 11.9. The number of anilines is 1. The van der Waals surface area contributed by atoms with Crippen LogP contribution in [0.25, 0.3) is 5.69 Å². The normalized spacial score (nSPS) is 11.8. The number of benzene rings is 1. The second-order valence-corrected chi connectivity index (χ2v) is 7.21. The second-order valence-electron chi connectivity index (χ2n) is 6.13. The third kappa shape index (κ3) is 3.29. The van der Waals surface area contributed by atoms with Crippen LogP contribution < -0.4 is 5.73 Å². The van der Waals surface area contributed by atoms with E-state index in [-0.39, 0.29) is 5.41 Å².